The molecule has 0 bridgehead atoms. The molecule has 1 atom stereocenters. The number of aromatic hydroxyl groups is 1. The van der Waals surface area contributed by atoms with Gasteiger partial charge in [-0.2, -0.15) is 0 Å². The number of phenols is 1. The van der Waals surface area contributed by atoms with Crippen LogP contribution >= 0.6 is 23.2 Å². The second-order valence-electron chi connectivity index (χ2n) is 5.16. The third kappa shape index (κ3) is 2.28. The Morgan fingerprint density at radius 1 is 1.10 bits per heavy atom. The first-order valence-electron chi connectivity index (χ1n) is 6.54. The zero-order chi connectivity index (χ0) is 14.3. The maximum atomic E-state index is 9.91. The highest BCUT2D eigenvalue weighted by Gasteiger charge is 2.28. The summed E-state index contributed by atoms with van der Waals surface area (Å²) in [6.45, 7) is 0.935. The van der Waals surface area contributed by atoms with E-state index >= 15 is 0 Å². The maximum Gasteiger partial charge on any atom is 0.134 e. The summed E-state index contributed by atoms with van der Waals surface area (Å²) in [7, 11) is 2.07. The smallest absolute Gasteiger partial charge is 0.134 e. The predicted octanol–water partition coefficient (Wildman–Crippen LogP) is 4.28. The van der Waals surface area contributed by atoms with Crippen molar-refractivity contribution >= 4 is 23.2 Å². The average Bonchev–Trinajstić information content (AvgIpc) is 2.42. The van der Waals surface area contributed by atoms with Crippen LogP contribution in [0, 0.1) is 0 Å². The molecule has 0 radical (unpaired) electrons. The number of halogens is 2. The van der Waals surface area contributed by atoms with Crippen molar-refractivity contribution in [3.05, 3.63) is 63.1 Å². The topological polar surface area (TPSA) is 23.5 Å². The summed E-state index contributed by atoms with van der Waals surface area (Å²) in [5.74, 6) is 0.123. The SMILES string of the molecule is CN1CCc2cc(Cl)c(O)cc2C1c1ccccc1Cl. The number of fused-ring (bicyclic) bond motifs is 1. The Bertz CT molecular complexity index is 657. The number of hydrogen-bond acceptors (Lipinski definition) is 2. The Hall–Kier alpha value is -1.22. The minimum Gasteiger partial charge on any atom is -0.506 e. The summed E-state index contributed by atoms with van der Waals surface area (Å²) in [5.41, 5.74) is 3.31. The highest BCUT2D eigenvalue weighted by Crippen LogP contribution is 2.40. The van der Waals surface area contributed by atoms with Gasteiger partial charge < -0.3 is 5.11 Å². The molecule has 20 heavy (non-hydrogen) atoms. The Morgan fingerprint density at radius 3 is 2.60 bits per heavy atom. The monoisotopic (exact) mass is 307 g/mol. The highest BCUT2D eigenvalue weighted by molar-refractivity contribution is 6.32. The number of benzene rings is 2. The van der Waals surface area contributed by atoms with Crippen LogP contribution in [0.1, 0.15) is 22.7 Å². The van der Waals surface area contributed by atoms with Crippen LogP contribution in [0.25, 0.3) is 0 Å². The molecule has 0 fully saturated rings. The molecule has 0 aliphatic carbocycles. The summed E-state index contributed by atoms with van der Waals surface area (Å²) < 4.78 is 0. The van der Waals surface area contributed by atoms with E-state index in [-0.39, 0.29) is 11.8 Å². The van der Waals surface area contributed by atoms with Crippen LogP contribution in [0.5, 0.6) is 5.75 Å². The first-order chi connectivity index (χ1) is 9.58. The van der Waals surface area contributed by atoms with Crippen molar-refractivity contribution in [3.63, 3.8) is 0 Å². The summed E-state index contributed by atoms with van der Waals surface area (Å²) in [4.78, 5) is 2.25. The summed E-state index contributed by atoms with van der Waals surface area (Å²) >= 11 is 12.4. The molecule has 0 saturated heterocycles. The lowest BCUT2D eigenvalue weighted by Gasteiger charge is -2.35. The van der Waals surface area contributed by atoms with Gasteiger partial charge in [-0.15, -0.1) is 0 Å². The van der Waals surface area contributed by atoms with Gasteiger partial charge in [0.15, 0.2) is 0 Å². The molecule has 0 aromatic heterocycles. The van der Waals surface area contributed by atoms with Gasteiger partial charge in [-0.3, -0.25) is 4.90 Å². The molecule has 1 aliphatic heterocycles. The predicted molar refractivity (Wildman–Crippen MR) is 82.7 cm³/mol. The standard InChI is InChI=1S/C16H15Cl2NO/c1-19-7-6-10-8-14(18)15(20)9-12(10)16(19)11-4-2-3-5-13(11)17/h2-5,8-9,16,20H,6-7H2,1H3. The van der Waals surface area contributed by atoms with Crippen LogP contribution in [0.15, 0.2) is 36.4 Å². The first-order valence-corrected chi connectivity index (χ1v) is 7.29. The number of hydrogen-bond donors (Lipinski definition) is 1. The van der Waals surface area contributed by atoms with E-state index < -0.39 is 0 Å². The first kappa shape index (κ1) is 13.7. The van der Waals surface area contributed by atoms with E-state index in [0.29, 0.717) is 5.02 Å². The van der Waals surface area contributed by atoms with Crippen molar-refractivity contribution in [2.45, 2.75) is 12.5 Å². The normalized spacial score (nSPS) is 18.9. The lowest BCUT2D eigenvalue weighted by Crippen LogP contribution is -2.33. The van der Waals surface area contributed by atoms with E-state index in [4.69, 9.17) is 23.2 Å². The highest BCUT2D eigenvalue weighted by atomic mass is 35.5. The Morgan fingerprint density at radius 2 is 1.85 bits per heavy atom. The van der Waals surface area contributed by atoms with Gasteiger partial charge in [0.25, 0.3) is 0 Å². The molecule has 1 unspecified atom stereocenters. The minimum absolute atomic E-state index is 0.0515. The lowest BCUT2D eigenvalue weighted by molar-refractivity contribution is 0.264. The van der Waals surface area contributed by atoms with Crippen molar-refractivity contribution in [1.29, 1.82) is 0 Å². The van der Waals surface area contributed by atoms with E-state index in [2.05, 4.69) is 11.9 Å². The van der Waals surface area contributed by atoms with Crippen LogP contribution in [0.2, 0.25) is 10.0 Å². The van der Waals surface area contributed by atoms with Crippen molar-refractivity contribution in [2.75, 3.05) is 13.6 Å². The fraction of sp³-hybridized carbons (Fsp3) is 0.250. The maximum absolute atomic E-state index is 9.91. The molecule has 1 heterocycles. The van der Waals surface area contributed by atoms with E-state index in [1.165, 1.54) is 5.56 Å². The van der Waals surface area contributed by atoms with Gasteiger partial charge in [-0.1, -0.05) is 41.4 Å². The largest absolute Gasteiger partial charge is 0.506 e. The van der Waals surface area contributed by atoms with Gasteiger partial charge in [0.2, 0.25) is 0 Å². The molecule has 2 aromatic carbocycles. The Labute approximate surface area is 128 Å². The van der Waals surface area contributed by atoms with Gasteiger partial charge in [0.05, 0.1) is 11.1 Å². The molecular formula is C16H15Cl2NO. The minimum atomic E-state index is 0.0515. The van der Waals surface area contributed by atoms with Crippen molar-refractivity contribution in [3.8, 4) is 5.75 Å². The van der Waals surface area contributed by atoms with Crippen LogP contribution in [0.3, 0.4) is 0 Å². The number of phenolic OH excluding ortho intramolecular Hbond substituents is 1. The number of likely N-dealkylation sites (N-methyl/N-ethyl adjacent to an activating group) is 1. The number of nitrogens with zero attached hydrogens (tertiary/aromatic N) is 1. The molecule has 2 aromatic rings. The van der Waals surface area contributed by atoms with Gasteiger partial charge >= 0.3 is 0 Å². The van der Waals surface area contributed by atoms with Crippen LogP contribution in [0.4, 0.5) is 0 Å². The van der Waals surface area contributed by atoms with Gasteiger partial charge in [0.1, 0.15) is 5.75 Å². The van der Waals surface area contributed by atoms with Gasteiger partial charge in [0, 0.05) is 11.6 Å². The molecule has 1 N–H and O–H groups in total. The molecule has 1 aliphatic rings. The van der Waals surface area contributed by atoms with Crippen LogP contribution in [-0.2, 0) is 6.42 Å². The fourth-order valence-corrected chi connectivity index (χ4v) is 3.28. The second-order valence-corrected chi connectivity index (χ2v) is 5.97. The van der Waals surface area contributed by atoms with Gasteiger partial charge in [-0.05, 0) is 48.4 Å². The molecular weight excluding hydrogens is 293 g/mol. The van der Waals surface area contributed by atoms with Crippen molar-refractivity contribution in [2.24, 2.45) is 0 Å². The summed E-state index contributed by atoms with van der Waals surface area (Å²) in [6, 6.07) is 11.5. The third-order valence-electron chi connectivity index (χ3n) is 3.88. The molecule has 0 saturated carbocycles. The summed E-state index contributed by atoms with van der Waals surface area (Å²) in [6.07, 6.45) is 0.923. The molecule has 0 amide bonds. The van der Waals surface area contributed by atoms with E-state index in [0.717, 1.165) is 29.1 Å². The van der Waals surface area contributed by atoms with Gasteiger partial charge in [-0.25, -0.2) is 0 Å². The van der Waals surface area contributed by atoms with E-state index in [1.54, 1.807) is 6.07 Å². The zero-order valence-corrected chi connectivity index (χ0v) is 12.6. The van der Waals surface area contributed by atoms with Crippen LogP contribution in [-0.4, -0.2) is 23.6 Å². The quantitative estimate of drug-likeness (QED) is 0.850. The molecule has 2 nitrogen and oxygen atoms in total. The average molecular weight is 308 g/mol. The third-order valence-corrected chi connectivity index (χ3v) is 4.52. The second kappa shape index (κ2) is 5.28. The van der Waals surface area contributed by atoms with Crippen LogP contribution < -0.4 is 0 Å². The molecule has 104 valence electrons. The molecule has 0 spiro atoms. The summed E-state index contributed by atoms with van der Waals surface area (Å²) in [5, 5.41) is 11.1. The van der Waals surface area contributed by atoms with Crippen molar-refractivity contribution < 1.29 is 5.11 Å². The van der Waals surface area contributed by atoms with E-state index in [1.807, 2.05) is 30.3 Å². The molecule has 3 rings (SSSR count). The number of rotatable bonds is 1. The Kier molecular flexibility index (Phi) is 3.63. The Balaban J connectivity index is 2.18. The zero-order valence-electron chi connectivity index (χ0n) is 11.1. The van der Waals surface area contributed by atoms with E-state index in [9.17, 15) is 5.11 Å². The molecule has 4 heteroatoms. The lowest BCUT2D eigenvalue weighted by atomic mass is 9.88. The van der Waals surface area contributed by atoms with Crippen molar-refractivity contribution in [1.82, 2.24) is 4.90 Å². The fourth-order valence-electron chi connectivity index (χ4n) is 2.86.